The second-order valence-corrected chi connectivity index (χ2v) is 4.88. The average Bonchev–Trinajstić information content (AvgIpc) is 2.48. The molecule has 0 aliphatic heterocycles. The molecule has 0 aromatic heterocycles. The van der Waals surface area contributed by atoms with E-state index >= 15 is 0 Å². The van der Waals surface area contributed by atoms with Crippen molar-refractivity contribution in [2.45, 2.75) is 26.3 Å². The first kappa shape index (κ1) is 14.6. The van der Waals surface area contributed by atoms with Crippen LogP contribution in [0.3, 0.4) is 0 Å². The number of hydroxylamine groups is 1. The molecule has 0 spiro atoms. The van der Waals surface area contributed by atoms with Gasteiger partial charge in [-0.05, 0) is 36.6 Å². The maximum Gasteiger partial charge on any atom is 0.0748 e. The van der Waals surface area contributed by atoms with Crippen LogP contribution in [-0.4, -0.2) is 6.61 Å². The lowest BCUT2D eigenvalue weighted by atomic mass is 10.2. The smallest absolute Gasteiger partial charge is 0.0748 e. The Labute approximate surface area is 122 Å². The van der Waals surface area contributed by atoms with Crippen molar-refractivity contribution in [3.63, 3.8) is 0 Å². The maximum atomic E-state index is 5.93. The van der Waals surface area contributed by atoms with Crippen molar-refractivity contribution in [3.8, 4) is 0 Å². The van der Waals surface area contributed by atoms with Crippen molar-refractivity contribution < 1.29 is 4.84 Å². The predicted octanol–water partition coefficient (Wildman–Crippen LogP) is 4.61. The second kappa shape index (κ2) is 7.71. The van der Waals surface area contributed by atoms with Gasteiger partial charge in [-0.3, -0.25) is 4.84 Å². The Balaban J connectivity index is 2.09. The minimum absolute atomic E-state index is 0.745. The maximum absolute atomic E-state index is 5.93. The number of nitrogens with zero attached hydrogens (tertiary/aromatic N) is 1. The van der Waals surface area contributed by atoms with E-state index in [1.807, 2.05) is 23.3 Å². The average molecular weight is 268 g/mol. The number of benzene rings is 2. The van der Waals surface area contributed by atoms with Crippen LogP contribution in [0.15, 0.2) is 54.6 Å². The zero-order valence-electron chi connectivity index (χ0n) is 12.1. The normalized spacial score (nSPS) is 10.5. The number of hydrogen-bond donors (Lipinski definition) is 0. The van der Waals surface area contributed by atoms with Crippen LogP contribution in [0.5, 0.6) is 0 Å². The van der Waals surface area contributed by atoms with E-state index in [-0.39, 0.29) is 0 Å². The highest BCUT2D eigenvalue weighted by atomic mass is 16.7. The zero-order valence-corrected chi connectivity index (χ0v) is 12.1. The number of unbranched alkanes of at least 4 members (excludes halogenated alkanes) is 1. The molecule has 0 unspecified atom stereocenters. The summed E-state index contributed by atoms with van der Waals surface area (Å²) in [7, 11) is 0. The summed E-state index contributed by atoms with van der Waals surface area (Å²) in [6, 6.07) is 18.5. The van der Waals surface area contributed by atoms with Gasteiger partial charge in [0.05, 0.1) is 18.8 Å². The second-order valence-electron chi connectivity index (χ2n) is 4.88. The molecule has 0 saturated carbocycles. The quantitative estimate of drug-likeness (QED) is 0.537. The minimum Gasteiger partial charge on any atom is -0.273 e. The molecule has 0 amide bonds. The SMILES string of the molecule is [CH2]c1ccc(N(Cc2ccccc2)OCCCC)cc1. The van der Waals surface area contributed by atoms with Gasteiger partial charge in [-0.25, -0.2) is 5.06 Å². The zero-order chi connectivity index (χ0) is 14.2. The topological polar surface area (TPSA) is 12.5 Å². The van der Waals surface area contributed by atoms with Gasteiger partial charge in [0.2, 0.25) is 0 Å². The number of rotatable bonds is 7. The van der Waals surface area contributed by atoms with Crippen LogP contribution in [0.1, 0.15) is 30.9 Å². The van der Waals surface area contributed by atoms with Crippen LogP contribution in [0.25, 0.3) is 0 Å². The Hall–Kier alpha value is -1.80. The largest absolute Gasteiger partial charge is 0.273 e. The lowest BCUT2D eigenvalue weighted by molar-refractivity contribution is 0.102. The van der Waals surface area contributed by atoms with Crippen molar-refractivity contribution in [1.82, 2.24) is 0 Å². The van der Waals surface area contributed by atoms with Gasteiger partial charge >= 0.3 is 0 Å². The van der Waals surface area contributed by atoms with Crippen LogP contribution in [-0.2, 0) is 11.4 Å². The lowest BCUT2D eigenvalue weighted by Gasteiger charge is -2.24. The van der Waals surface area contributed by atoms with Gasteiger partial charge in [-0.2, -0.15) is 0 Å². The highest BCUT2D eigenvalue weighted by Gasteiger charge is 2.08. The van der Waals surface area contributed by atoms with Crippen molar-refractivity contribution in [2.75, 3.05) is 11.7 Å². The fourth-order valence-electron chi connectivity index (χ4n) is 1.94. The molecule has 0 aliphatic rings. The van der Waals surface area contributed by atoms with Crippen LogP contribution in [0, 0.1) is 6.92 Å². The van der Waals surface area contributed by atoms with Crippen molar-refractivity contribution in [2.24, 2.45) is 0 Å². The molecule has 0 heterocycles. The molecule has 0 atom stereocenters. The van der Waals surface area contributed by atoms with Gasteiger partial charge in [0.25, 0.3) is 0 Å². The van der Waals surface area contributed by atoms with E-state index in [1.165, 1.54) is 5.56 Å². The molecule has 2 nitrogen and oxygen atoms in total. The van der Waals surface area contributed by atoms with Crippen LogP contribution in [0.2, 0.25) is 0 Å². The van der Waals surface area contributed by atoms with E-state index in [0.717, 1.165) is 37.2 Å². The molecule has 2 aromatic carbocycles. The summed E-state index contributed by atoms with van der Waals surface area (Å²) < 4.78 is 0. The first-order valence-corrected chi connectivity index (χ1v) is 7.16. The summed E-state index contributed by atoms with van der Waals surface area (Å²) in [5.41, 5.74) is 3.32. The molecule has 2 heteroatoms. The first-order valence-electron chi connectivity index (χ1n) is 7.16. The van der Waals surface area contributed by atoms with Crippen LogP contribution >= 0.6 is 0 Å². The Morgan fingerprint density at radius 3 is 2.35 bits per heavy atom. The van der Waals surface area contributed by atoms with E-state index in [2.05, 4.69) is 50.2 Å². The van der Waals surface area contributed by atoms with Crippen molar-refractivity contribution in [1.29, 1.82) is 0 Å². The highest BCUT2D eigenvalue weighted by Crippen LogP contribution is 2.18. The fourth-order valence-corrected chi connectivity index (χ4v) is 1.94. The Morgan fingerprint density at radius 2 is 1.70 bits per heavy atom. The summed E-state index contributed by atoms with van der Waals surface area (Å²) in [5, 5.41) is 1.96. The molecule has 0 fully saturated rings. The number of anilines is 1. The molecule has 2 aromatic rings. The van der Waals surface area contributed by atoms with Crippen LogP contribution < -0.4 is 5.06 Å². The molecule has 105 valence electrons. The molecule has 0 aliphatic carbocycles. The van der Waals surface area contributed by atoms with Gasteiger partial charge in [-0.1, -0.05) is 55.8 Å². The molecule has 1 radical (unpaired) electrons. The summed E-state index contributed by atoms with van der Waals surface area (Å²) in [6.07, 6.45) is 2.20. The first-order chi connectivity index (χ1) is 9.79. The monoisotopic (exact) mass is 268 g/mol. The molecule has 2 rings (SSSR count). The van der Waals surface area contributed by atoms with Gasteiger partial charge in [0, 0.05) is 0 Å². The van der Waals surface area contributed by atoms with Crippen molar-refractivity contribution >= 4 is 5.69 Å². The molecule has 0 N–H and O–H groups in total. The van der Waals surface area contributed by atoms with Gasteiger partial charge in [0.1, 0.15) is 0 Å². The highest BCUT2D eigenvalue weighted by molar-refractivity contribution is 5.46. The van der Waals surface area contributed by atoms with Crippen molar-refractivity contribution in [3.05, 3.63) is 72.6 Å². The third-order valence-corrected chi connectivity index (χ3v) is 3.14. The summed E-state index contributed by atoms with van der Waals surface area (Å²) in [4.78, 5) is 5.93. The Morgan fingerprint density at radius 1 is 1.00 bits per heavy atom. The molecule has 20 heavy (non-hydrogen) atoms. The summed E-state index contributed by atoms with van der Waals surface area (Å²) in [5.74, 6) is 0. The van der Waals surface area contributed by atoms with Gasteiger partial charge in [-0.15, -0.1) is 0 Å². The molecular weight excluding hydrogens is 246 g/mol. The Kier molecular flexibility index (Phi) is 5.63. The van der Waals surface area contributed by atoms with Gasteiger partial charge < -0.3 is 0 Å². The standard InChI is InChI=1S/C18H22NO/c1-3-4-14-20-19(15-17-8-6-5-7-9-17)18-12-10-16(2)11-13-18/h5-13H,2-4,14-15H2,1H3. The van der Waals surface area contributed by atoms with Crippen LogP contribution in [0.4, 0.5) is 5.69 Å². The van der Waals surface area contributed by atoms with E-state index in [0.29, 0.717) is 0 Å². The van der Waals surface area contributed by atoms with E-state index in [9.17, 15) is 0 Å². The predicted molar refractivity (Wildman–Crippen MR) is 84.4 cm³/mol. The van der Waals surface area contributed by atoms with E-state index < -0.39 is 0 Å². The van der Waals surface area contributed by atoms with E-state index in [1.54, 1.807) is 0 Å². The number of hydrogen-bond acceptors (Lipinski definition) is 2. The lowest BCUT2D eigenvalue weighted by Crippen LogP contribution is -2.23. The summed E-state index contributed by atoms with van der Waals surface area (Å²) in [6.45, 7) is 7.59. The minimum atomic E-state index is 0.745. The van der Waals surface area contributed by atoms with E-state index in [4.69, 9.17) is 4.84 Å². The Bertz CT molecular complexity index is 493. The third-order valence-electron chi connectivity index (χ3n) is 3.14. The van der Waals surface area contributed by atoms with Gasteiger partial charge in [0.15, 0.2) is 0 Å². The molecule has 0 bridgehead atoms. The molecular formula is C18H22NO. The third kappa shape index (κ3) is 4.39. The fraction of sp³-hybridized carbons (Fsp3) is 0.278. The summed E-state index contributed by atoms with van der Waals surface area (Å²) >= 11 is 0. The molecule has 0 saturated heterocycles.